The first-order chi connectivity index (χ1) is 15.1. The van der Waals surface area contributed by atoms with Crippen molar-refractivity contribution in [2.45, 2.75) is 20.4 Å². The second-order valence-corrected chi connectivity index (χ2v) is 7.57. The van der Waals surface area contributed by atoms with Gasteiger partial charge in [0.25, 0.3) is 11.6 Å². The molecule has 2 aromatic carbocycles. The minimum atomic E-state index is -0.104. The van der Waals surface area contributed by atoms with Crippen LogP contribution in [0, 0.1) is 13.8 Å². The molecule has 0 saturated carbocycles. The number of nitrogens with zero attached hydrogens (tertiary/aromatic N) is 3. The highest BCUT2D eigenvalue weighted by molar-refractivity contribution is 6.07. The molecule has 2 heterocycles. The SMILES string of the molecule is COCCN(Cc1ccccc1)C(=O)c1cc(-c2ccc(C)cc2)nc2onc(C)c12. The summed E-state index contributed by atoms with van der Waals surface area (Å²) < 4.78 is 10.7. The zero-order valence-electron chi connectivity index (χ0n) is 18.0. The van der Waals surface area contributed by atoms with E-state index in [1.165, 1.54) is 0 Å². The van der Waals surface area contributed by atoms with Gasteiger partial charge in [-0.25, -0.2) is 4.98 Å². The zero-order chi connectivity index (χ0) is 21.8. The van der Waals surface area contributed by atoms with Gasteiger partial charge in [0.1, 0.15) is 0 Å². The largest absolute Gasteiger partial charge is 0.383 e. The molecule has 0 radical (unpaired) electrons. The fourth-order valence-corrected chi connectivity index (χ4v) is 3.56. The molecule has 0 saturated heterocycles. The van der Waals surface area contributed by atoms with Crippen molar-refractivity contribution < 1.29 is 14.1 Å². The van der Waals surface area contributed by atoms with Gasteiger partial charge in [-0.15, -0.1) is 0 Å². The third kappa shape index (κ3) is 4.49. The van der Waals surface area contributed by atoms with Crippen LogP contribution in [0.4, 0.5) is 0 Å². The van der Waals surface area contributed by atoms with Gasteiger partial charge in [-0.1, -0.05) is 65.3 Å². The standard InChI is InChI=1S/C25H25N3O3/c1-17-9-11-20(12-10-17)22-15-21(23-18(2)27-31-24(23)26-22)25(29)28(13-14-30-3)16-19-7-5-4-6-8-19/h4-12,15H,13-14,16H2,1-3H3. The lowest BCUT2D eigenvalue weighted by molar-refractivity contribution is 0.0682. The second-order valence-electron chi connectivity index (χ2n) is 7.57. The van der Waals surface area contributed by atoms with Gasteiger partial charge in [0.2, 0.25) is 0 Å². The number of benzene rings is 2. The number of fused-ring (bicyclic) bond motifs is 1. The van der Waals surface area contributed by atoms with E-state index >= 15 is 0 Å². The lowest BCUT2D eigenvalue weighted by Crippen LogP contribution is -2.33. The number of methoxy groups -OCH3 is 1. The van der Waals surface area contributed by atoms with Crippen molar-refractivity contribution in [1.82, 2.24) is 15.0 Å². The van der Waals surface area contributed by atoms with Gasteiger partial charge in [-0.3, -0.25) is 4.79 Å². The predicted octanol–water partition coefficient (Wildman–Crippen LogP) is 4.80. The van der Waals surface area contributed by atoms with E-state index in [1.54, 1.807) is 12.0 Å². The summed E-state index contributed by atoms with van der Waals surface area (Å²) in [5, 5.41) is 4.71. The van der Waals surface area contributed by atoms with Crippen molar-refractivity contribution >= 4 is 17.0 Å². The van der Waals surface area contributed by atoms with Crippen LogP contribution in [0.25, 0.3) is 22.4 Å². The van der Waals surface area contributed by atoms with E-state index in [0.717, 1.165) is 16.7 Å². The lowest BCUT2D eigenvalue weighted by atomic mass is 10.0. The topological polar surface area (TPSA) is 68.5 Å². The quantitative estimate of drug-likeness (QED) is 0.434. The molecule has 0 bridgehead atoms. The van der Waals surface area contributed by atoms with Crippen molar-refractivity contribution in [3.05, 3.63) is 83.0 Å². The lowest BCUT2D eigenvalue weighted by Gasteiger charge is -2.23. The molecule has 1 amide bonds. The number of carbonyl (C=O) groups is 1. The van der Waals surface area contributed by atoms with Gasteiger partial charge in [0, 0.05) is 25.8 Å². The van der Waals surface area contributed by atoms with Gasteiger partial charge in [-0.05, 0) is 25.5 Å². The minimum absolute atomic E-state index is 0.104. The van der Waals surface area contributed by atoms with Crippen LogP contribution in [0.5, 0.6) is 0 Å². The van der Waals surface area contributed by atoms with E-state index < -0.39 is 0 Å². The monoisotopic (exact) mass is 415 g/mol. The highest BCUT2D eigenvalue weighted by Gasteiger charge is 2.23. The molecule has 4 aromatic rings. The molecule has 0 atom stereocenters. The Balaban J connectivity index is 1.78. The minimum Gasteiger partial charge on any atom is -0.383 e. The fourth-order valence-electron chi connectivity index (χ4n) is 3.56. The Morgan fingerprint density at radius 2 is 1.81 bits per heavy atom. The molecule has 0 fully saturated rings. The van der Waals surface area contributed by atoms with Gasteiger partial charge >= 0.3 is 0 Å². The van der Waals surface area contributed by atoms with E-state index in [2.05, 4.69) is 10.1 Å². The third-order valence-corrected chi connectivity index (χ3v) is 5.26. The van der Waals surface area contributed by atoms with Crippen LogP contribution in [0.2, 0.25) is 0 Å². The fraction of sp³-hybridized carbons (Fsp3) is 0.240. The van der Waals surface area contributed by atoms with Crippen LogP contribution in [0.3, 0.4) is 0 Å². The summed E-state index contributed by atoms with van der Waals surface area (Å²) >= 11 is 0. The number of aryl methyl sites for hydroxylation is 2. The molecule has 0 spiro atoms. The van der Waals surface area contributed by atoms with Gasteiger partial charge in [0.15, 0.2) is 0 Å². The van der Waals surface area contributed by atoms with Crippen LogP contribution >= 0.6 is 0 Å². The molecular weight excluding hydrogens is 390 g/mol. The summed E-state index contributed by atoms with van der Waals surface area (Å²) in [7, 11) is 1.63. The van der Waals surface area contributed by atoms with E-state index in [4.69, 9.17) is 9.26 Å². The molecule has 0 aliphatic carbocycles. The molecule has 6 heteroatoms. The summed E-state index contributed by atoms with van der Waals surface area (Å²) in [5.74, 6) is -0.104. The normalized spacial score (nSPS) is 11.1. The molecule has 0 aliphatic rings. The van der Waals surface area contributed by atoms with Crippen LogP contribution in [0.15, 0.2) is 65.2 Å². The molecule has 0 aliphatic heterocycles. The number of amides is 1. The molecule has 6 nitrogen and oxygen atoms in total. The first-order valence-electron chi connectivity index (χ1n) is 10.2. The predicted molar refractivity (Wildman–Crippen MR) is 120 cm³/mol. The third-order valence-electron chi connectivity index (χ3n) is 5.26. The second kappa shape index (κ2) is 9.10. The Bertz CT molecular complexity index is 1180. The number of hydrogen-bond donors (Lipinski definition) is 0. The van der Waals surface area contributed by atoms with Crippen LogP contribution in [0.1, 0.15) is 27.2 Å². The van der Waals surface area contributed by atoms with Crippen LogP contribution < -0.4 is 0 Å². The summed E-state index contributed by atoms with van der Waals surface area (Å²) in [6.07, 6.45) is 0. The highest BCUT2D eigenvalue weighted by atomic mass is 16.5. The molecule has 2 aromatic heterocycles. The number of aromatic nitrogens is 2. The highest BCUT2D eigenvalue weighted by Crippen LogP contribution is 2.28. The Labute approximate surface area is 181 Å². The van der Waals surface area contributed by atoms with Crippen molar-refractivity contribution in [2.24, 2.45) is 0 Å². The summed E-state index contributed by atoms with van der Waals surface area (Å²) in [6.45, 7) is 5.26. The maximum Gasteiger partial charge on any atom is 0.259 e. The summed E-state index contributed by atoms with van der Waals surface area (Å²) in [4.78, 5) is 20.1. The average molecular weight is 415 g/mol. The Kier molecular flexibility index (Phi) is 6.09. The first-order valence-corrected chi connectivity index (χ1v) is 10.2. The Hall–Kier alpha value is -3.51. The van der Waals surface area contributed by atoms with E-state index in [-0.39, 0.29) is 5.91 Å². The summed E-state index contributed by atoms with van der Waals surface area (Å²) in [6, 6.07) is 19.8. The maximum absolute atomic E-state index is 13.7. The van der Waals surface area contributed by atoms with E-state index in [1.807, 2.05) is 74.5 Å². The van der Waals surface area contributed by atoms with Crippen LogP contribution in [-0.2, 0) is 11.3 Å². The Morgan fingerprint density at radius 1 is 1.06 bits per heavy atom. The van der Waals surface area contributed by atoms with Gasteiger partial charge in [-0.2, -0.15) is 0 Å². The molecule has 31 heavy (non-hydrogen) atoms. The van der Waals surface area contributed by atoms with Crippen LogP contribution in [-0.4, -0.2) is 41.2 Å². The van der Waals surface area contributed by atoms with Crippen molar-refractivity contribution in [3.8, 4) is 11.3 Å². The van der Waals surface area contributed by atoms with E-state index in [9.17, 15) is 4.79 Å². The molecule has 158 valence electrons. The molecule has 0 N–H and O–H groups in total. The van der Waals surface area contributed by atoms with Gasteiger partial charge in [0.05, 0.1) is 28.9 Å². The number of carbonyl (C=O) groups excluding carboxylic acids is 1. The molecule has 0 unspecified atom stereocenters. The molecular formula is C25H25N3O3. The number of pyridine rings is 1. The number of hydrogen-bond acceptors (Lipinski definition) is 5. The van der Waals surface area contributed by atoms with Crippen molar-refractivity contribution in [3.63, 3.8) is 0 Å². The smallest absolute Gasteiger partial charge is 0.259 e. The first kappa shape index (κ1) is 20.8. The van der Waals surface area contributed by atoms with Crippen molar-refractivity contribution in [1.29, 1.82) is 0 Å². The average Bonchev–Trinajstić information content (AvgIpc) is 3.17. The Morgan fingerprint density at radius 3 is 2.52 bits per heavy atom. The molecule has 4 rings (SSSR count). The van der Waals surface area contributed by atoms with E-state index in [0.29, 0.717) is 47.7 Å². The van der Waals surface area contributed by atoms with Crippen molar-refractivity contribution in [2.75, 3.05) is 20.3 Å². The van der Waals surface area contributed by atoms with Gasteiger partial charge < -0.3 is 14.2 Å². The summed E-state index contributed by atoms with van der Waals surface area (Å²) in [5.41, 5.74) is 5.35. The zero-order valence-corrected chi connectivity index (χ0v) is 18.0. The maximum atomic E-state index is 13.7. The number of rotatable bonds is 7. The number of ether oxygens (including phenoxy) is 1.